The molecule has 37 heavy (non-hydrogen) atoms. The molecule has 2 aliphatic heterocycles. The molecule has 2 aliphatic carbocycles. The van der Waals surface area contributed by atoms with Crippen molar-refractivity contribution >= 4 is 16.7 Å². The molecule has 1 saturated carbocycles. The number of carbonyl (C=O) groups excluding carboxylic acids is 1. The molecule has 1 aromatic carbocycles. The molecule has 2 aromatic rings. The van der Waals surface area contributed by atoms with E-state index in [1.807, 2.05) is 26.8 Å². The molecule has 6 rings (SSSR count). The molecule has 1 unspecified atom stereocenters. The number of hydrogen-bond acceptors (Lipinski definition) is 4. The molecule has 1 saturated heterocycles. The van der Waals surface area contributed by atoms with Crippen LogP contribution in [0.15, 0.2) is 35.9 Å². The van der Waals surface area contributed by atoms with E-state index in [4.69, 9.17) is 14.2 Å². The number of ketones is 1. The van der Waals surface area contributed by atoms with E-state index in [2.05, 4.69) is 63.9 Å². The number of hydrogen-bond donors (Lipinski definition) is 1. The smallest absolute Gasteiger partial charge is 0.193 e. The summed E-state index contributed by atoms with van der Waals surface area (Å²) in [5, 5.41) is 1.34. The minimum atomic E-state index is -0.991. The van der Waals surface area contributed by atoms with Gasteiger partial charge in [0.05, 0.1) is 6.10 Å². The molecule has 1 aromatic heterocycles. The van der Waals surface area contributed by atoms with Crippen LogP contribution in [-0.4, -0.2) is 40.5 Å². The lowest BCUT2D eigenvalue weighted by atomic mass is 9.47. The summed E-state index contributed by atoms with van der Waals surface area (Å²) in [5.74, 6) is -0.493. The zero-order valence-electron chi connectivity index (χ0n) is 23.8. The Morgan fingerprint density at radius 3 is 2.49 bits per heavy atom. The molecule has 2 bridgehead atoms. The largest absolute Gasteiger partial charge is 0.378 e. The average Bonchev–Trinajstić information content (AvgIpc) is 3.41. The van der Waals surface area contributed by atoms with Gasteiger partial charge in [-0.25, -0.2) is 0 Å². The van der Waals surface area contributed by atoms with Crippen LogP contribution in [0, 0.1) is 17.3 Å². The lowest BCUT2D eigenvalue weighted by Gasteiger charge is -2.59. The topological polar surface area (TPSA) is 60.6 Å². The second-order valence-electron chi connectivity index (χ2n) is 13.3. The van der Waals surface area contributed by atoms with Gasteiger partial charge in [0, 0.05) is 41.0 Å². The average molecular weight is 506 g/mol. The highest BCUT2D eigenvalue weighted by Gasteiger charge is 2.70. The molecule has 200 valence electrons. The van der Waals surface area contributed by atoms with Gasteiger partial charge >= 0.3 is 0 Å². The van der Waals surface area contributed by atoms with E-state index in [1.165, 1.54) is 22.2 Å². The first-order valence-corrected chi connectivity index (χ1v) is 14.2. The van der Waals surface area contributed by atoms with E-state index in [-0.39, 0.29) is 28.6 Å². The first kappa shape index (κ1) is 25.3. The number of para-hydroxylation sites is 1. The Bertz CT molecular complexity index is 1300. The molecule has 0 radical (unpaired) electrons. The fourth-order valence-corrected chi connectivity index (χ4v) is 8.42. The van der Waals surface area contributed by atoms with Crippen molar-refractivity contribution in [3.05, 3.63) is 47.2 Å². The maximum absolute atomic E-state index is 13.7. The number of rotatable bonds is 5. The molecule has 2 fully saturated rings. The summed E-state index contributed by atoms with van der Waals surface area (Å²) in [6, 6.07) is 8.68. The number of carbonyl (C=O) groups is 1. The molecular formula is C32H43NO4. The summed E-state index contributed by atoms with van der Waals surface area (Å²) >= 11 is 0. The lowest BCUT2D eigenvalue weighted by molar-refractivity contribution is -0.196. The summed E-state index contributed by atoms with van der Waals surface area (Å²) in [5.41, 5.74) is 2.92. The minimum absolute atomic E-state index is 0.00381. The van der Waals surface area contributed by atoms with Crippen molar-refractivity contribution in [3.8, 4) is 0 Å². The van der Waals surface area contributed by atoms with Crippen LogP contribution in [0.4, 0.5) is 0 Å². The monoisotopic (exact) mass is 505 g/mol. The van der Waals surface area contributed by atoms with Gasteiger partial charge in [-0.15, -0.1) is 0 Å². The van der Waals surface area contributed by atoms with Crippen LogP contribution in [0.1, 0.15) is 85.9 Å². The van der Waals surface area contributed by atoms with Crippen molar-refractivity contribution in [1.29, 1.82) is 0 Å². The standard InChI is InChI=1S/C32H43NO4/c1-9-15-35-24-17-19-16-21-20-13-11-12-14-23(20)33-27(21)30(19,7)28(3,4)26(24)22-18-25(34)31(8)29(5,6)36-32(22,10-2)37-31/h11-14,18-19,24,26,33H,9-10,15-17H2,1-8H3/t19-,24+,26?,30-,31-,32-/m1/s1. The number of benzene rings is 1. The van der Waals surface area contributed by atoms with Crippen LogP contribution >= 0.6 is 0 Å². The fraction of sp³-hybridized carbons (Fsp3) is 0.656. The van der Waals surface area contributed by atoms with Crippen molar-refractivity contribution in [3.63, 3.8) is 0 Å². The zero-order chi connectivity index (χ0) is 26.6. The third-order valence-electron chi connectivity index (χ3n) is 11.1. The Hall–Kier alpha value is -1.95. The van der Waals surface area contributed by atoms with E-state index in [1.54, 1.807) is 0 Å². The van der Waals surface area contributed by atoms with Crippen LogP contribution in [0.2, 0.25) is 0 Å². The van der Waals surface area contributed by atoms with Crippen molar-refractivity contribution in [1.82, 2.24) is 4.98 Å². The maximum atomic E-state index is 13.7. The lowest BCUT2D eigenvalue weighted by Crippen LogP contribution is -2.61. The maximum Gasteiger partial charge on any atom is 0.193 e. The van der Waals surface area contributed by atoms with Gasteiger partial charge in [0.2, 0.25) is 0 Å². The Kier molecular flexibility index (Phi) is 5.34. The summed E-state index contributed by atoms with van der Waals surface area (Å²) in [7, 11) is 0. The quantitative estimate of drug-likeness (QED) is 0.495. The van der Waals surface area contributed by atoms with Crippen LogP contribution in [-0.2, 0) is 30.8 Å². The molecule has 4 aliphatic rings. The highest BCUT2D eigenvalue weighted by atomic mass is 16.8. The van der Waals surface area contributed by atoms with Crippen LogP contribution in [0.5, 0.6) is 0 Å². The van der Waals surface area contributed by atoms with Crippen LogP contribution in [0.3, 0.4) is 0 Å². The van der Waals surface area contributed by atoms with Gasteiger partial charge in [0.25, 0.3) is 0 Å². The van der Waals surface area contributed by atoms with Crippen molar-refractivity contribution < 1.29 is 19.0 Å². The predicted octanol–water partition coefficient (Wildman–Crippen LogP) is 6.64. The second kappa shape index (κ2) is 7.80. The summed E-state index contributed by atoms with van der Waals surface area (Å²) in [6.07, 6.45) is 5.49. The zero-order valence-corrected chi connectivity index (χ0v) is 23.8. The van der Waals surface area contributed by atoms with Gasteiger partial charge in [-0.3, -0.25) is 4.79 Å². The molecule has 5 nitrogen and oxygen atoms in total. The third-order valence-corrected chi connectivity index (χ3v) is 11.1. The second-order valence-corrected chi connectivity index (χ2v) is 13.3. The van der Waals surface area contributed by atoms with Crippen molar-refractivity contribution in [2.45, 2.75) is 110 Å². The van der Waals surface area contributed by atoms with Crippen molar-refractivity contribution in [2.75, 3.05) is 6.61 Å². The van der Waals surface area contributed by atoms with E-state index < -0.39 is 17.0 Å². The summed E-state index contributed by atoms with van der Waals surface area (Å²) in [6.45, 7) is 18.1. The highest BCUT2D eigenvalue weighted by molar-refractivity contribution is 6.00. The Labute approximate surface area is 221 Å². The van der Waals surface area contributed by atoms with Gasteiger partial charge in [0.1, 0.15) is 5.60 Å². The van der Waals surface area contributed by atoms with Crippen LogP contribution < -0.4 is 0 Å². The molecule has 3 heterocycles. The highest BCUT2D eigenvalue weighted by Crippen LogP contribution is 2.67. The van der Waals surface area contributed by atoms with E-state index in [0.717, 1.165) is 24.8 Å². The fourth-order valence-electron chi connectivity index (χ4n) is 8.42. The van der Waals surface area contributed by atoms with Crippen LogP contribution in [0.25, 0.3) is 10.9 Å². The third kappa shape index (κ3) is 3.00. The molecular weight excluding hydrogens is 462 g/mol. The number of nitrogens with one attached hydrogen (secondary N) is 1. The number of ether oxygens (including phenoxy) is 3. The number of fused-ring (bicyclic) bond motifs is 7. The first-order chi connectivity index (χ1) is 17.4. The molecule has 0 spiro atoms. The van der Waals surface area contributed by atoms with Gasteiger partial charge in [-0.1, -0.05) is 52.8 Å². The van der Waals surface area contributed by atoms with Gasteiger partial charge in [-0.05, 0) is 74.6 Å². The summed E-state index contributed by atoms with van der Waals surface area (Å²) in [4.78, 5) is 17.6. The Morgan fingerprint density at radius 2 is 1.78 bits per heavy atom. The molecule has 6 atom stereocenters. The van der Waals surface area contributed by atoms with Crippen molar-refractivity contribution in [2.24, 2.45) is 17.3 Å². The Morgan fingerprint density at radius 1 is 1.05 bits per heavy atom. The van der Waals surface area contributed by atoms with E-state index >= 15 is 0 Å². The van der Waals surface area contributed by atoms with Gasteiger partial charge < -0.3 is 19.2 Å². The first-order valence-electron chi connectivity index (χ1n) is 14.2. The normalized spacial score (nSPS) is 39.5. The SMILES string of the molecule is CCCO[C@H]1C[C@H]2Cc3c([nH]c4ccccc34)[C@]2(C)C(C)(C)C1C1=CC(=O)[C@@]2(C)O[C@@]1(CC)OC2(C)C. The molecule has 1 N–H and O–H groups in total. The van der Waals surface area contributed by atoms with Gasteiger partial charge in [0.15, 0.2) is 17.2 Å². The molecule has 0 amide bonds. The summed E-state index contributed by atoms with van der Waals surface area (Å²) < 4.78 is 20.2. The van der Waals surface area contributed by atoms with Gasteiger partial charge in [-0.2, -0.15) is 0 Å². The number of H-pyrrole nitrogens is 1. The Balaban J connectivity index is 1.54. The van der Waals surface area contributed by atoms with E-state index in [9.17, 15) is 4.79 Å². The number of aromatic nitrogens is 1. The molecule has 5 heteroatoms. The number of aromatic amines is 1. The van der Waals surface area contributed by atoms with E-state index in [0.29, 0.717) is 18.9 Å². The minimum Gasteiger partial charge on any atom is -0.378 e. The predicted molar refractivity (Wildman–Crippen MR) is 146 cm³/mol.